The minimum Gasteiger partial charge on any atom is -0.355 e. The third kappa shape index (κ3) is 13.3. The van der Waals surface area contributed by atoms with Gasteiger partial charge in [-0.1, -0.05) is 96.5 Å². The SMILES string of the molecule is C=C/C(Cl)=C\C=C/C[C@H]1[C@H](C(=O)NCCC)NC[C@H]1c1cc(F)c(Cl)cc1NC=O.CC.CC(C)(C)C. The maximum absolute atomic E-state index is 14.2. The zero-order chi connectivity index (χ0) is 28.6. The van der Waals surface area contributed by atoms with Crippen molar-refractivity contribution in [3.63, 3.8) is 0 Å². The average molecular weight is 557 g/mol. The molecule has 1 heterocycles. The molecule has 1 aromatic carbocycles. The van der Waals surface area contributed by atoms with Gasteiger partial charge in [0.15, 0.2) is 0 Å². The maximum Gasteiger partial charge on any atom is 0.237 e. The smallest absolute Gasteiger partial charge is 0.237 e. The number of anilines is 1. The Hall–Kier alpha value is -2.15. The number of amides is 2. The van der Waals surface area contributed by atoms with E-state index in [1.54, 1.807) is 12.2 Å². The van der Waals surface area contributed by atoms with Gasteiger partial charge in [0.05, 0.1) is 11.1 Å². The molecule has 0 saturated carbocycles. The van der Waals surface area contributed by atoms with Crippen molar-refractivity contribution in [2.24, 2.45) is 11.3 Å². The third-order valence-corrected chi connectivity index (χ3v) is 5.61. The minimum atomic E-state index is -0.572. The summed E-state index contributed by atoms with van der Waals surface area (Å²) in [5, 5.41) is 9.19. The minimum absolute atomic E-state index is 0.0769. The Bertz CT molecular complexity index is 920. The third-order valence-electron chi connectivity index (χ3n) is 5.04. The molecule has 2 amide bonds. The van der Waals surface area contributed by atoms with Gasteiger partial charge in [0.2, 0.25) is 12.3 Å². The van der Waals surface area contributed by atoms with Crippen LogP contribution in [0.3, 0.4) is 0 Å². The van der Waals surface area contributed by atoms with Gasteiger partial charge < -0.3 is 16.0 Å². The van der Waals surface area contributed by atoms with Crippen molar-refractivity contribution >= 4 is 41.2 Å². The maximum atomic E-state index is 14.2. The van der Waals surface area contributed by atoms with Gasteiger partial charge in [0, 0.05) is 29.7 Å². The van der Waals surface area contributed by atoms with Gasteiger partial charge in [-0.05, 0) is 47.9 Å². The van der Waals surface area contributed by atoms with Crippen LogP contribution in [0, 0.1) is 17.2 Å². The molecule has 208 valence electrons. The van der Waals surface area contributed by atoms with Crippen LogP contribution in [0.15, 0.2) is 48.0 Å². The molecule has 0 aliphatic carbocycles. The Balaban J connectivity index is 0.00000165. The lowest BCUT2D eigenvalue weighted by Crippen LogP contribution is -2.44. The van der Waals surface area contributed by atoms with Crippen LogP contribution in [-0.2, 0) is 9.59 Å². The summed E-state index contributed by atoms with van der Waals surface area (Å²) in [6.07, 6.45) is 8.85. The quantitative estimate of drug-likeness (QED) is 0.206. The van der Waals surface area contributed by atoms with Crippen molar-refractivity contribution in [3.05, 3.63) is 64.5 Å². The topological polar surface area (TPSA) is 70.2 Å². The average Bonchev–Trinajstić information content (AvgIpc) is 3.26. The highest BCUT2D eigenvalue weighted by Gasteiger charge is 2.41. The second kappa shape index (κ2) is 18.2. The highest BCUT2D eigenvalue weighted by Crippen LogP contribution is 2.40. The lowest BCUT2D eigenvalue weighted by molar-refractivity contribution is -0.123. The predicted molar refractivity (Wildman–Crippen MR) is 157 cm³/mol. The summed E-state index contributed by atoms with van der Waals surface area (Å²) in [4.78, 5) is 23.7. The van der Waals surface area contributed by atoms with E-state index in [9.17, 15) is 14.0 Å². The number of carbonyl (C=O) groups is 2. The van der Waals surface area contributed by atoms with E-state index in [4.69, 9.17) is 23.2 Å². The predicted octanol–water partition coefficient (Wildman–Crippen LogP) is 7.58. The molecule has 0 aromatic heterocycles. The standard InChI is InChI=1S/C22H26Cl2FN3O2.C5H12.C2H6/c1-3-9-26-22(30)21-15(8-6-5-7-14(23)4-2)17(12-27-21)16-10-19(25)18(24)11-20(16)28-13-29;1-5(2,3)4;1-2/h4-7,10-11,13,15,17,21,27H,2-3,8-9,12H2,1H3,(H,26,30)(H,28,29);1-4H3;1-2H3/b6-5-,14-7+;;/t15-,17-,21-;;/m1../s1. The number of halogens is 3. The molecule has 1 saturated heterocycles. The zero-order valence-electron chi connectivity index (χ0n) is 23.3. The van der Waals surface area contributed by atoms with Gasteiger partial charge in [-0.2, -0.15) is 0 Å². The lowest BCUT2D eigenvalue weighted by Gasteiger charge is -2.24. The Kier molecular flexibility index (Phi) is 17.1. The van der Waals surface area contributed by atoms with E-state index in [0.29, 0.717) is 47.6 Å². The van der Waals surface area contributed by atoms with E-state index in [0.717, 1.165) is 6.42 Å². The van der Waals surface area contributed by atoms with E-state index in [-0.39, 0.29) is 22.8 Å². The molecule has 8 heteroatoms. The van der Waals surface area contributed by atoms with E-state index in [1.807, 2.05) is 26.8 Å². The highest BCUT2D eigenvalue weighted by atomic mass is 35.5. The summed E-state index contributed by atoms with van der Waals surface area (Å²) in [5.74, 6) is -1.05. The molecule has 3 N–H and O–H groups in total. The Morgan fingerprint density at radius 2 is 1.89 bits per heavy atom. The Morgan fingerprint density at radius 3 is 2.43 bits per heavy atom. The fourth-order valence-corrected chi connectivity index (χ4v) is 3.83. The van der Waals surface area contributed by atoms with Gasteiger partial charge in [-0.3, -0.25) is 9.59 Å². The molecule has 37 heavy (non-hydrogen) atoms. The molecule has 0 bridgehead atoms. The van der Waals surface area contributed by atoms with Crippen molar-refractivity contribution in [2.45, 2.75) is 73.3 Å². The van der Waals surface area contributed by atoms with Crippen molar-refractivity contribution in [1.29, 1.82) is 0 Å². The first kappa shape index (κ1) is 34.9. The first-order valence-corrected chi connectivity index (χ1v) is 13.5. The number of benzene rings is 1. The fraction of sp³-hybridized carbons (Fsp3) is 0.517. The van der Waals surface area contributed by atoms with Crippen LogP contribution >= 0.6 is 23.2 Å². The fourth-order valence-electron chi connectivity index (χ4n) is 3.60. The molecule has 1 aliphatic rings. The summed E-state index contributed by atoms with van der Waals surface area (Å²) >= 11 is 11.8. The number of hydrogen-bond donors (Lipinski definition) is 3. The van der Waals surface area contributed by atoms with Crippen molar-refractivity contribution in [2.75, 3.05) is 18.4 Å². The highest BCUT2D eigenvalue weighted by molar-refractivity contribution is 6.31. The largest absolute Gasteiger partial charge is 0.355 e. The number of nitrogens with one attached hydrogen (secondary N) is 3. The second-order valence-electron chi connectivity index (χ2n) is 9.98. The molecular weight excluding hydrogens is 512 g/mol. The molecule has 3 atom stereocenters. The van der Waals surface area contributed by atoms with Crippen molar-refractivity contribution in [1.82, 2.24) is 10.6 Å². The van der Waals surface area contributed by atoms with Crippen LogP contribution in [0.5, 0.6) is 0 Å². The Labute approximate surface area is 233 Å². The molecule has 2 rings (SSSR count). The first-order chi connectivity index (χ1) is 17.4. The number of rotatable bonds is 10. The molecule has 0 spiro atoms. The molecule has 0 unspecified atom stereocenters. The van der Waals surface area contributed by atoms with Crippen LogP contribution in [0.4, 0.5) is 10.1 Å². The summed E-state index contributed by atoms with van der Waals surface area (Å²) in [6, 6.07) is 2.27. The zero-order valence-corrected chi connectivity index (χ0v) is 24.8. The van der Waals surface area contributed by atoms with Crippen molar-refractivity contribution < 1.29 is 14.0 Å². The summed E-state index contributed by atoms with van der Waals surface area (Å²) in [6.45, 7) is 19.4. The van der Waals surface area contributed by atoms with Crippen LogP contribution in [0.2, 0.25) is 5.02 Å². The molecule has 0 radical (unpaired) electrons. The molecular formula is C29H44Cl2FN3O2. The first-order valence-electron chi connectivity index (χ1n) is 12.8. The van der Waals surface area contributed by atoms with Crippen LogP contribution in [0.1, 0.15) is 72.8 Å². The molecule has 1 aromatic rings. The second-order valence-corrected chi connectivity index (χ2v) is 10.8. The van der Waals surface area contributed by atoms with Gasteiger partial charge >= 0.3 is 0 Å². The van der Waals surface area contributed by atoms with E-state index in [1.165, 1.54) is 18.2 Å². The summed E-state index contributed by atoms with van der Waals surface area (Å²) in [5.41, 5.74) is 1.53. The number of hydrogen-bond acceptors (Lipinski definition) is 3. The molecule has 1 aliphatic heterocycles. The van der Waals surface area contributed by atoms with Gasteiger partial charge in [-0.15, -0.1) is 0 Å². The molecule has 1 fully saturated rings. The van der Waals surface area contributed by atoms with Crippen LogP contribution < -0.4 is 16.0 Å². The number of carbonyl (C=O) groups excluding carboxylic acids is 2. The van der Waals surface area contributed by atoms with Gasteiger partial charge in [-0.25, -0.2) is 4.39 Å². The van der Waals surface area contributed by atoms with E-state index in [2.05, 4.69) is 50.2 Å². The Morgan fingerprint density at radius 1 is 1.27 bits per heavy atom. The van der Waals surface area contributed by atoms with E-state index < -0.39 is 11.9 Å². The summed E-state index contributed by atoms with van der Waals surface area (Å²) in [7, 11) is 0. The monoisotopic (exact) mass is 555 g/mol. The van der Waals surface area contributed by atoms with Gasteiger partial charge in [0.25, 0.3) is 0 Å². The van der Waals surface area contributed by atoms with Crippen LogP contribution in [-0.4, -0.2) is 31.4 Å². The van der Waals surface area contributed by atoms with Crippen LogP contribution in [0.25, 0.3) is 0 Å². The van der Waals surface area contributed by atoms with E-state index >= 15 is 0 Å². The van der Waals surface area contributed by atoms with Crippen molar-refractivity contribution in [3.8, 4) is 0 Å². The summed E-state index contributed by atoms with van der Waals surface area (Å²) < 4.78 is 14.2. The normalized spacial score (nSPS) is 19.3. The lowest BCUT2D eigenvalue weighted by atomic mass is 9.81. The van der Waals surface area contributed by atoms with Gasteiger partial charge in [0.1, 0.15) is 5.82 Å². The molecule has 5 nitrogen and oxygen atoms in total. The number of allylic oxidation sites excluding steroid dienone is 5.